The van der Waals surface area contributed by atoms with E-state index in [2.05, 4.69) is 29.7 Å². The first kappa shape index (κ1) is 12.9. The van der Waals surface area contributed by atoms with E-state index in [9.17, 15) is 0 Å². The Kier molecular flexibility index (Phi) is 3.52. The van der Waals surface area contributed by atoms with Crippen LogP contribution < -0.4 is 0 Å². The molecule has 98 valence electrons. The van der Waals surface area contributed by atoms with Crippen molar-refractivity contribution >= 4 is 12.6 Å². The van der Waals surface area contributed by atoms with Crippen LogP contribution in [0.3, 0.4) is 0 Å². The summed E-state index contributed by atoms with van der Waals surface area (Å²) in [5.74, 6) is 0.708. The molecule has 3 heteroatoms. The molecule has 2 nitrogen and oxygen atoms in total. The molecule has 0 atom stereocenters. The fourth-order valence-corrected chi connectivity index (χ4v) is 2.30. The second kappa shape index (κ2) is 5.47. The van der Waals surface area contributed by atoms with Crippen molar-refractivity contribution in [2.45, 2.75) is 11.9 Å². The summed E-state index contributed by atoms with van der Waals surface area (Å²) in [5, 5.41) is 0.720. The number of aromatic nitrogens is 2. The topological polar surface area (TPSA) is 25.8 Å². The Morgan fingerprint density at radius 1 is 0.750 bits per heavy atom. The molecule has 0 N–H and O–H groups in total. The lowest BCUT2D eigenvalue weighted by Crippen LogP contribution is -1.97. The predicted molar refractivity (Wildman–Crippen MR) is 84.9 cm³/mol. The van der Waals surface area contributed by atoms with E-state index in [0.717, 1.165) is 27.4 Å². The smallest absolute Gasteiger partial charge is 0.161 e. The van der Waals surface area contributed by atoms with Crippen LogP contribution in [0.4, 0.5) is 0 Å². The van der Waals surface area contributed by atoms with Crippen molar-refractivity contribution in [1.82, 2.24) is 9.97 Å². The van der Waals surface area contributed by atoms with Crippen molar-refractivity contribution in [2.24, 2.45) is 0 Å². The second-order valence-electron chi connectivity index (χ2n) is 4.58. The summed E-state index contributed by atoms with van der Waals surface area (Å²) in [4.78, 5) is 9.20. The maximum absolute atomic E-state index is 4.71. The average Bonchev–Trinajstić information content (AvgIpc) is 2.51. The molecule has 0 aliphatic heterocycles. The van der Waals surface area contributed by atoms with Crippen LogP contribution >= 0.6 is 12.6 Å². The van der Waals surface area contributed by atoms with Crippen LogP contribution in [0.2, 0.25) is 0 Å². The molecule has 1 heterocycles. The Hall–Kier alpha value is -2.13. The van der Waals surface area contributed by atoms with Crippen LogP contribution in [0.1, 0.15) is 5.56 Å². The van der Waals surface area contributed by atoms with Crippen molar-refractivity contribution in [2.75, 3.05) is 0 Å². The highest BCUT2D eigenvalue weighted by atomic mass is 32.1. The summed E-state index contributed by atoms with van der Waals surface area (Å²) >= 11 is 4.49. The van der Waals surface area contributed by atoms with Crippen LogP contribution in [-0.4, -0.2) is 9.97 Å². The third-order valence-electron chi connectivity index (χ3n) is 3.20. The largest absolute Gasteiger partial charge is 0.228 e. The Bertz CT molecular complexity index is 725. The molecule has 3 rings (SSSR count). The van der Waals surface area contributed by atoms with Gasteiger partial charge in [-0.25, -0.2) is 9.97 Å². The van der Waals surface area contributed by atoms with E-state index in [1.807, 2.05) is 55.5 Å². The molecule has 2 aromatic carbocycles. The third-order valence-corrected chi connectivity index (χ3v) is 3.63. The zero-order valence-electron chi connectivity index (χ0n) is 11.1. The molecule has 3 aromatic rings. The SMILES string of the molecule is Cc1c(S)nc(-c2ccccc2)nc1-c1ccccc1. The molecule has 0 unspecified atom stereocenters. The molecule has 0 fully saturated rings. The number of benzene rings is 2. The van der Waals surface area contributed by atoms with E-state index >= 15 is 0 Å². The highest BCUT2D eigenvalue weighted by Crippen LogP contribution is 2.27. The summed E-state index contributed by atoms with van der Waals surface area (Å²) in [6.07, 6.45) is 0. The number of rotatable bonds is 2. The van der Waals surface area contributed by atoms with Crippen molar-refractivity contribution in [1.29, 1.82) is 0 Å². The van der Waals surface area contributed by atoms with Gasteiger partial charge < -0.3 is 0 Å². The Morgan fingerprint density at radius 2 is 1.30 bits per heavy atom. The lowest BCUT2D eigenvalue weighted by Gasteiger charge is -2.10. The normalized spacial score (nSPS) is 10.5. The number of thiol groups is 1. The van der Waals surface area contributed by atoms with Crippen molar-refractivity contribution in [3.05, 3.63) is 66.2 Å². The van der Waals surface area contributed by atoms with Gasteiger partial charge >= 0.3 is 0 Å². The second-order valence-corrected chi connectivity index (χ2v) is 5.00. The van der Waals surface area contributed by atoms with Gasteiger partial charge in [-0.2, -0.15) is 0 Å². The molecule has 0 saturated carbocycles. The molecular formula is C17H14N2S. The first-order valence-electron chi connectivity index (χ1n) is 6.44. The van der Waals surface area contributed by atoms with Crippen LogP contribution in [-0.2, 0) is 0 Å². The quantitative estimate of drug-likeness (QED) is 0.555. The standard InChI is InChI=1S/C17H14N2S/c1-12-15(13-8-4-2-5-9-13)18-16(19-17(12)20)14-10-6-3-7-11-14/h2-11H,1H3,(H,18,19,20). The van der Waals surface area contributed by atoms with Gasteiger partial charge in [0.2, 0.25) is 0 Å². The molecular weight excluding hydrogens is 264 g/mol. The first-order chi connectivity index (χ1) is 9.75. The molecule has 0 spiro atoms. The monoisotopic (exact) mass is 278 g/mol. The van der Waals surface area contributed by atoms with E-state index < -0.39 is 0 Å². The van der Waals surface area contributed by atoms with Crippen molar-refractivity contribution < 1.29 is 0 Å². The van der Waals surface area contributed by atoms with Crippen LogP contribution in [0.5, 0.6) is 0 Å². The van der Waals surface area contributed by atoms with Gasteiger partial charge in [-0.3, -0.25) is 0 Å². The van der Waals surface area contributed by atoms with Crippen LogP contribution in [0, 0.1) is 6.92 Å². The van der Waals surface area contributed by atoms with Gasteiger partial charge in [-0.1, -0.05) is 60.7 Å². The van der Waals surface area contributed by atoms with Gasteiger partial charge in [0.05, 0.1) is 5.69 Å². The first-order valence-corrected chi connectivity index (χ1v) is 6.89. The highest BCUT2D eigenvalue weighted by molar-refractivity contribution is 7.80. The molecule has 1 aromatic heterocycles. The Morgan fingerprint density at radius 3 is 1.90 bits per heavy atom. The summed E-state index contributed by atoms with van der Waals surface area (Å²) in [5.41, 5.74) is 4.02. The van der Waals surface area contributed by atoms with Gasteiger partial charge in [-0.05, 0) is 6.92 Å². The maximum atomic E-state index is 4.71. The Labute approximate surface area is 124 Å². The summed E-state index contributed by atoms with van der Waals surface area (Å²) < 4.78 is 0. The maximum Gasteiger partial charge on any atom is 0.161 e. The van der Waals surface area contributed by atoms with Crippen LogP contribution in [0.15, 0.2) is 65.7 Å². The highest BCUT2D eigenvalue weighted by Gasteiger charge is 2.11. The van der Waals surface area contributed by atoms with E-state index in [-0.39, 0.29) is 0 Å². The van der Waals surface area contributed by atoms with E-state index in [0.29, 0.717) is 5.82 Å². The van der Waals surface area contributed by atoms with Crippen molar-refractivity contribution in [3.8, 4) is 22.6 Å². The fourth-order valence-electron chi connectivity index (χ4n) is 2.10. The molecule has 0 amide bonds. The van der Waals surface area contributed by atoms with Gasteiger partial charge in [0.1, 0.15) is 5.03 Å². The molecule has 0 saturated heterocycles. The summed E-state index contributed by atoms with van der Waals surface area (Å²) in [7, 11) is 0. The summed E-state index contributed by atoms with van der Waals surface area (Å²) in [6.45, 7) is 2.00. The summed E-state index contributed by atoms with van der Waals surface area (Å²) in [6, 6.07) is 20.1. The number of hydrogen-bond donors (Lipinski definition) is 1. The third kappa shape index (κ3) is 2.45. The minimum Gasteiger partial charge on any atom is -0.228 e. The van der Waals surface area contributed by atoms with E-state index in [1.54, 1.807) is 0 Å². The van der Waals surface area contributed by atoms with Crippen LogP contribution in [0.25, 0.3) is 22.6 Å². The fraction of sp³-hybridized carbons (Fsp3) is 0.0588. The van der Waals surface area contributed by atoms with Gasteiger partial charge in [0.25, 0.3) is 0 Å². The molecule has 20 heavy (non-hydrogen) atoms. The average molecular weight is 278 g/mol. The zero-order valence-corrected chi connectivity index (χ0v) is 12.0. The number of hydrogen-bond acceptors (Lipinski definition) is 3. The lowest BCUT2D eigenvalue weighted by atomic mass is 10.1. The number of nitrogens with zero attached hydrogens (tertiary/aromatic N) is 2. The van der Waals surface area contributed by atoms with Crippen molar-refractivity contribution in [3.63, 3.8) is 0 Å². The van der Waals surface area contributed by atoms with Gasteiger partial charge in [0.15, 0.2) is 5.82 Å². The minimum atomic E-state index is 0.708. The Balaban J connectivity index is 2.19. The molecule has 0 aliphatic rings. The predicted octanol–water partition coefficient (Wildman–Crippen LogP) is 4.41. The molecule has 0 bridgehead atoms. The van der Waals surface area contributed by atoms with E-state index in [1.165, 1.54) is 0 Å². The van der Waals surface area contributed by atoms with Gasteiger partial charge in [0, 0.05) is 16.7 Å². The lowest BCUT2D eigenvalue weighted by molar-refractivity contribution is 1.03. The molecule has 0 radical (unpaired) electrons. The zero-order chi connectivity index (χ0) is 13.9. The van der Waals surface area contributed by atoms with E-state index in [4.69, 9.17) is 4.98 Å². The minimum absolute atomic E-state index is 0.708. The molecule has 0 aliphatic carbocycles. The van der Waals surface area contributed by atoms with Gasteiger partial charge in [-0.15, -0.1) is 12.6 Å².